The van der Waals surface area contributed by atoms with Crippen LogP contribution in [0.4, 0.5) is 22.4 Å². The molecule has 3 aromatic rings. The molecule has 0 bridgehead atoms. The van der Waals surface area contributed by atoms with Crippen molar-refractivity contribution in [1.29, 1.82) is 0 Å². The first kappa shape index (κ1) is 32.0. The Balaban J connectivity index is 1.76. The quantitative estimate of drug-likeness (QED) is 0.137. The fourth-order valence-electron chi connectivity index (χ4n) is 5.90. The average Bonchev–Trinajstić information content (AvgIpc) is 3.47. The number of rotatable bonds is 13. The Morgan fingerprint density at radius 1 is 0.791 bits per heavy atom. The van der Waals surface area contributed by atoms with Crippen LogP contribution < -0.4 is 10.6 Å². The normalized spacial score (nSPS) is 15.2. The topological polar surface area (TPSA) is 78.4 Å². The number of hydrogen-bond acceptors (Lipinski definition) is 2. The zero-order valence-corrected chi connectivity index (χ0v) is 24.1. The fraction of sp³-hybridized carbons (Fsp3) is 0.412. The van der Waals surface area contributed by atoms with Crippen LogP contribution in [0.25, 0.3) is 0 Å². The van der Waals surface area contributed by atoms with Crippen LogP contribution in [-0.2, 0) is 29.4 Å². The van der Waals surface area contributed by atoms with Crippen LogP contribution in [-0.4, -0.2) is 23.1 Å². The standard InChI is InChI=1S/C34H38F4N2O3/c35-29-21-27(20-28(22-29)34(36,37)38)33(23-25-12-5-3-6-13-25,40-32(43)39-30-16-8-9-17-30)26-15-10-14-24(19-26)11-4-1-2-7-18-31(41)42/h3,5-6,10,12-15,19-22,30H,1-2,4,7-9,11,16-18,23H2,(H,41,42)(H2,39,40,43). The van der Waals surface area contributed by atoms with Gasteiger partial charge >= 0.3 is 18.2 Å². The summed E-state index contributed by atoms with van der Waals surface area (Å²) in [6.45, 7) is 0. The largest absolute Gasteiger partial charge is 0.481 e. The van der Waals surface area contributed by atoms with E-state index in [-0.39, 0.29) is 24.4 Å². The Morgan fingerprint density at radius 3 is 2.16 bits per heavy atom. The van der Waals surface area contributed by atoms with Crippen molar-refractivity contribution in [1.82, 2.24) is 10.6 Å². The van der Waals surface area contributed by atoms with Gasteiger partial charge in [-0.1, -0.05) is 80.3 Å². The van der Waals surface area contributed by atoms with Gasteiger partial charge in [0.05, 0.1) is 11.1 Å². The van der Waals surface area contributed by atoms with Gasteiger partial charge in [0.2, 0.25) is 0 Å². The van der Waals surface area contributed by atoms with E-state index in [0.29, 0.717) is 24.5 Å². The van der Waals surface area contributed by atoms with Crippen molar-refractivity contribution in [3.8, 4) is 0 Å². The van der Waals surface area contributed by atoms with Crippen LogP contribution >= 0.6 is 0 Å². The molecule has 0 aromatic heterocycles. The zero-order valence-electron chi connectivity index (χ0n) is 24.1. The molecule has 2 amide bonds. The second kappa shape index (κ2) is 14.5. The van der Waals surface area contributed by atoms with Crippen molar-refractivity contribution in [2.24, 2.45) is 0 Å². The molecule has 0 spiro atoms. The van der Waals surface area contributed by atoms with E-state index in [0.717, 1.165) is 68.2 Å². The van der Waals surface area contributed by atoms with Crippen molar-refractivity contribution in [2.75, 3.05) is 0 Å². The molecule has 5 nitrogen and oxygen atoms in total. The maximum Gasteiger partial charge on any atom is 0.416 e. The number of benzene rings is 3. The van der Waals surface area contributed by atoms with E-state index < -0.39 is 35.1 Å². The summed E-state index contributed by atoms with van der Waals surface area (Å²) in [7, 11) is 0. The molecule has 0 radical (unpaired) electrons. The molecule has 43 heavy (non-hydrogen) atoms. The Labute approximate surface area is 249 Å². The van der Waals surface area contributed by atoms with Gasteiger partial charge in [-0.2, -0.15) is 13.2 Å². The van der Waals surface area contributed by atoms with Gasteiger partial charge in [0.1, 0.15) is 5.82 Å². The van der Waals surface area contributed by atoms with Crippen molar-refractivity contribution >= 4 is 12.0 Å². The molecule has 0 aliphatic heterocycles. The van der Waals surface area contributed by atoms with E-state index in [1.807, 2.05) is 42.5 Å². The number of aliphatic carboxylic acids is 1. The van der Waals surface area contributed by atoms with Crippen LogP contribution in [0, 0.1) is 5.82 Å². The number of alkyl halides is 3. The lowest BCUT2D eigenvalue weighted by atomic mass is 9.76. The maximum absolute atomic E-state index is 14.9. The summed E-state index contributed by atoms with van der Waals surface area (Å²) < 4.78 is 56.7. The first-order valence-electron chi connectivity index (χ1n) is 14.9. The highest BCUT2D eigenvalue weighted by molar-refractivity contribution is 5.76. The van der Waals surface area contributed by atoms with E-state index in [1.54, 1.807) is 12.1 Å². The van der Waals surface area contributed by atoms with Crippen LogP contribution in [0.2, 0.25) is 0 Å². The number of carboxylic acid groups (broad SMARTS) is 1. The minimum Gasteiger partial charge on any atom is -0.481 e. The highest BCUT2D eigenvalue weighted by atomic mass is 19.4. The first-order valence-corrected chi connectivity index (χ1v) is 14.9. The molecule has 1 atom stereocenters. The molecule has 230 valence electrons. The van der Waals surface area contributed by atoms with Crippen molar-refractivity contribution in [2.45, 2.75) is 88.4 Å². The molecule has 1 aliphatic rings. The Bertz CT molecular complexity index is 1370. The zero-order chi connectivity index (χ0) is 30.9. The van der Waals surface area contributed by atoms with Gasteiger partial charge in [-0.25, -0.2) is 9.18 Å². The van der Waals surface area contributed by atoms with E-state index in [2.05, 4.69) is 10.6 Å². The molecular weight excluding hydrogens is 560 g/mol. The Hall–Kier alpha value is -3.88. The number of carboxylic acids is 1. The van der Waals surface area contributed by atoms with Crippen LogP contribution in [0.3, 0.4) is 0 Å². The van der Waals surface area contributed by atoms with Gasteiger partial charge in [0, 0.05) is 18.9 Å². The van der Waals surface area contributed by atoms with Crippen molar-refractivity contribution < 1.29 is 32.3 Å². The van der Waals surface area contributed by atoms with E-state index >= 15 is 0 Å². The lowest BCUT2D eigenvalue weighted by Gasteiger charge is -2.37. The van der Waals surface area contributed by atoms with Gasteiger partial charge in [0.25, 0.3) is 0 Å². The van der Waals surface area contributed by atoms with Crippen molar-refractivity contribution in [3.05, 3.63) is 106 Å². The predicted octanol–water partition coefficient (Wildman–Crippen LogP) is 8.15. The summed E-state index contributed by atoms with van der Waals surface area (Å²) in [5, 5.41) is 14.9. The number of unbranched alkanes of at least 4 members (excludes halogenated alkanes) is 3. The van der Waals surface area contributed by atoms with Gasteiger partial charge in [-0.15, -0.1) is 0 Å². The second-order valence-corrected chi connectivity index (χ2v) is 11.4. The number of amides is 2. The third-order valence-electron chi connectivity index (χ3n) is 8.07. The van der Waals surface area contributed by atoms with Crippen LogP contribution in [0.5, 0.6) is 0 Å². The van der Waals surface area contributed by atoms with Gasteiger partial charge in [0.15, 0.2) is 0 Å². The van der Waals surface area contributed by atoms with Crippen LogP contribution in [0.1, 0.15) is 85.6 Å². The monoisotopic (exact) mass is 598 g/mol. The lowest BCUT2D eigenvalue weighted by molar-refractivity contribution is -0.138. The number of carbonyl (C=O) groups is 2. The number of hydrogen-bond donors (Lipinski definition) is 3. The Kier molecular flexibility index (Phi) is 10.8. The van der Waals surface area contributed by atoms with E-state index in [9.17, 15) is 27.2 Å². The number of urea groups is 1. The summed E-state index contributed by atoms with van der Waals surface area (Å²) >= 11 is 0. The highest BCUT2D eigenvalue weighted by Gasteiger charge is 2.40. The summed E-state index contributed by atoms with van der Waals surface area (Å²) in [5.41, 5.74) is -0.445. The molecule has 4 rings (SSSR count). The fourth-order valence-corrected chi connectivity index (χ4v) is 5.90. The average molecular weight is 599 g/mol. The number of carbonyl (C=O) groups excluding carboxylic acids is 1. The molecule has 0 saturated heterocycles. The summed E-state index contributed by atoms with van der Waals surface area (Å²) in [6.07, 6.45) is 2.68. The van der Waals surface area contributed by atoms with Gasteiger partial charge in [-0.3, -0.25) is 4.79 Å². The maximum atomic E-state index is 14.9. The lowest BCUT2D eigenvalue weighted by Crippen LogP contribution is -2.53. The third kappa shape index (κ3) is 9.05. The first-order chi connectivity index (χ1) is 20.5. The number of halogens is 4. The smallest absolute Gasteiger partial charge is 0.416 e. The SMILES string of the molecule is O=C(O)CCCCCCc1cccc(C(Cc2ccccc2)(NC(=O)NC2CCCC2)c2cc(F)cc(C(F)(F)F)c2)c1. The summed E-state index contributed by atoms with van der Waals surface area (Å²) in [6, 6.07) is 18.4. The van der Waals surface area contributed by atoms with Crippen LogP contribution in [0.15, 0.2) is 72.8 Å². The van der Waals surface area contributed by atoms with E-state index in [4.69, 9.17) is 5.11 Å². The van der Waals surface area contributed by atoms with Crippen molar-refractivity contribution in [3.63, 3.8) is 0 Å². The molecule has 1 unspecified atom stereocenters. The van der Waals surface area contributed by atoms with Gasteiger partial charge < -0.3 is 15.7 Å². The molecule has 9 heteroatoms. The van der Waals surface area contributed by atoms with Gasteiger partial charge in [-0.05, 0) is 72.6 Å². The van der Waals surface area contributed by atoms with E-state index in [1.165, 1.54) is 0 Å². The molecule has 3 N–H and O–H groups in total. The predicted molar refractivity (Wildman–Crippen MR) is 157 cm³/mol. The Morgan fingerprint density at radius 2 is 1.47 bits per heavy atom. The molecule has 1 saturated carbocycles. The molecule has 1 fully saturated rings. The minimum atomic E-state index is -4.79. The number of nitrogens with one attached hydrogen (secondary N) is 2. The highest BCUT2D eigenvalue weighted by Crippen LogP contribution is 2.39. The second-order valence-electron chi connectivity index (χ2n) is 11.4. The third-order valence-corrected chi connectivity index (χ3v) is 8.07. The molecule has 0 heterocycles. The molecule has 1 aliphatic carbocycles. The molecule has 3 aromatic carbocycles. The summed E-state index contributed by atoms with van der Waals surface area (Å²) in [5.74, 6) is -1.87. The summed E-state index contributed by atoms with van der Waals surface area (Å²) in [4.78, 5) is 24.3. The number of aryl methyl sites for hydroxylation is 1. The minimum absolute atomic E-state index is 0.00364. The molecular formula is C34H38F4N2O3.